The molecule has 1 aromatic carbocycles. The molecule has 0 unspecified atom stereocenters. The lowest BCUT2D eigenvalue weighted by molar-refractivity contribution is 0.303. The second-order valence-electron chi connectivity index (χ2n) is 5.02. The van der Waals surface area contributed by atoms with Crippen LogP contribution in [0.25, 0.3) is 11.3 Å². The number of rotatable bonds is 9. The van der Waals surface area contributed by atoms with Crippen molar-refractivity contribution in [1.82, 2.24) is 15.2 Å². The second-order valence-corrected chi connectivity index (χ2v) is 5.96. The lowest BCUT2D eigenvalue weighted by Crippen LogP contribution is -2.32. The van der Waals surface area contributed by atoms with E-state index in [-0.39, 0.29) is 0 Å². The summed E-state index contributed by atoms with van der Waals surface area (Å²) in [6.07, 6.45) is 1.01. The van der Waals surface area contributed by atoms with Crippen LogP contribution in [0.2, 0.25) is 0 Å². The zero-order chi connectivity index (χ0) is 14.9. The van der Waals surface area contributed by atoms with Crippen molar-refractivity contribution >= 4 is 11.3 Å². The molecule has 1 heterocycles. The fraction of sp³-hybridized carbons (Fsp3) is 0.471. The molecule has 0 fully saturated rings. The molecule has 21 heavy (non-hydrogen) atoms. The van der Waals surface area contributed by atoms with Gasteiger partial charge in [-0.3, -0.25) is 0 Å². The molecule has 0 bridgehead atoms. The second kappa shape index (κ2) is 8.93. The van der Waals surface area contributed by atoms with Crippen LogP contribution in [0.1, 0.15) is 18.9 Å². The van der Waals surface area contributed by atoms with Gasteiger partial charge in [-0.2, -0.15) is 0 Å². The molecule has 3 nitrogen and oxygen atoms in total. The van der Waals surface area contributed by atoms with Gasteiger partial charge in [0.25, 0.3) is 0 Å². The maximum atomic E-state index is 4.71. The number of likely N-dealkylation sites (N-methyl/N-ethyl adjacent to an activating group) is 1. The molecule has 2 aromatic rings. The first-order valence-corrected chi connectivity index (χ1v) is 8.64. The fourth-order valence-electron chi connectivity index (χ4n) is 2.26. The lowest BCUT2D eigenvalue weighted by Gasteiger charge is -2.17. The average molecular weight is 303 g/mol. The Kier molecular flexibility index (Phi) is 6.86. The topological polar surface area (TPSA) is 28.2 Å². The third-order valence-electron chi connectivity index (χ3n) is 3.64. The molecule has 4 heteroatoms. The summed E-state index contributed by atoms with van der Waals surface area (Å²) in [5.41, 5.74) is 2.30. The Hall–Kier alpha value is -1.23. The molecule has 2 rings (SSSR count). The van der Waals surface area contributed by atoms with Crippen LogP contribution in [0.5, 0.6) is 0 Å². The van der Waals surface area contributed by atoms with Gasteiger partial charge in [-0.05, 0) is 13.1 Å². The molecule has 114 valence electrons. The summed E-state index contributed by atoms with van der Waals surface area (Å²) in [4.78, 5) is 7.15. The van der Waals surface area contributed by atoms with Gasteiger partial charge in [-0.15, -0.1) is 11.3 Å². The van der Waals surface area contributed by atoms with Gasteiger partial charge in [0.2, 0.25) is 0 Å². The fourth-order valence-corrected chi connectivity index (χ4v) is 3.07. The molecular weight excluding hydrogens is 278 g/mol. The van der Waals surface area contributed by atoms with E-state index in [1.54, 1.807) is 11.3 Å². The Balaban J connectivity index is 1.71. The summed E-state index contributed by atoms with van der Waals surface area (Å²) >= 11 is 1.76. The Morgan fingerprint density at radius 1 is 1.10 bits per heavy atom. The van der Waals surface area contributed by atoms with Gasteiger partial charge < -0.3 is 10.2 Å². The van der Waals surface area contributed by atoms with Crippen LogP contribution in [0.15, 0.2) is 35.7 Å². The van der Waals surface area contributed by atoms with E-state index in [4.69, 9.17) is 4.98 Å². The zero-order valence-corrected chi connectivity index (χ0v) is 13.8. The molecular formula is C17H25N3S. The van der Waals surface area contributed by atoms with E-state index in [0.29, 0.717) is 0 Å². The van der Waals surface area contributed by atoms with E-state index >= 15 is 0 Å². The van der Waals surface area contributed by atoms with Crippen LogP contribution >= 0.6 is 11.3 Å². The number of thiazole rings is 1. The molecule has 0 saturated heterocycles. The Morgan fingerprint density at radius 3 is 2.57 bits per heavy atom. The Morgan fingerprint density at radius 2 is 1.86 bits per heavy atom. The SMILES string of the molecule is CCN(CC)CCNCCc1nc(-c2ccccc2)cs1. The van der Waals surface area contributed by atoms with E-state index in [2.05, 4.69) is 53.7 Å². The van der Waals surface area contributed by atoms with E-state index in [1.165, 1.54) is 10.6 Å². The summed E-state index contributed by atoms with van der Waals surface area (Å²) in [6, 6.07) is 10.4. The predicted octanol–water partition coefficient (Wildman–Crippen LogP) is 3.28. The van der Waals surface area contributed by atoms with Crippen molar-refractivity contribution in [2.75, 3.05) is 32.7 Å². The van der Waals surface area contributed by atoms with Gasteiger partial charge in [-0.1, -0.05) is 44.2 Å². The minimum atomic E-state index is 1.00. The van der Waals surface area contributed by atoms with Crippen LogP contribution in [0, 0.1) is 0 Å². The van der Waals surface area contributed by atoms with E-state index in [1.807, 2.05) is 6.07 Å². The van der Waals surface area contributed by atoms with Gasteiger partial charge in [-0.25, -0.2) is 4.98 Å². The van der Waals surface area contributed by atoms with Crippen molar-refractivity contribution in [3.8, 4) is 11.3 Å². The van der Waals surface area contributed by atoms with Crippen LogP contribution in [-0.4, -0.2) is 42.6 Å². The van der Waals surface area contributed by atoms with Gasteiger partial charge in [0.1, 0.15) is 0 Å². The van der Waals surface area contributed by atoms with E-state index in [9.17, 15) is 0 Å². The van der Waals surface area contributed by atoms with E-state index in [0.717, 1.165) is 44.8 Å². The zero-order valence-electron chi connectivity index (χ0n) is 13.0. The molecule has 1 N–H and O–H groups in total. The summed E-state index contributed by atoms with van der Waals surface area (Å²) < 4.78 is 0. The highest BCUT2D eigenvalue weighted by Crippen LogP contribution is 2.21. The molecule has 1 aromatic heterocycles. The molecule has 0 radical (unpaired) electrons. The van der Waals surface area contributed by atoms with Crippen molar-refractivity contribution < 1.29 is 0 Å². The third kappa shape index (κ3) is 5.23. The number of nitrogens with one attached hydrogen (secondary N) is 1. The first-order chi connectivity index (χ1) is 10.3. The Labute approximate surface area is 132 Å². The predicted molar refractivity (Wildman–Crippen MR) is 91.9 cm³/mol. The van der Waals surface area contributed by atoms with Crippen molar-refractivity contribution in [3.05, 3.63) is 40.7 Å². The first-order valence-electron chi connectivity index (χ1n) is 7.76. The molecule has 0 aliphatic carbocycles. The number of benzene rings is 1. The van der Waals surface area contributed by atoms with Crippen LogP contribution in [0.3, 0.4) is 0 Å². The lowest BCUT2D eigenvalue weighted by atomic mass is 10.2. The third-order valence-corrected chi connectivity index (χ3v) is 4.54. The smallest absolute Gasteiger partial charge is 0.0945 e. The molecule has 0 amide bonds. The van der Waals surface area contributed by atoms with Crippen molar-refractivity contribution in [2.24, 2.45) is 0 Å². The largest absolute Gasteiger partial charge is 0.315 e. The van der Waals surface area contributed by atoms with Crippen molar-refractivity contribution in [3.63, 3.8) is 0 Å². The molecule has 0 atom stereocenters. The summed E-state index contributed by atoms with van der Waals surface area (Å²) in [7, 11) is 0. The Bertz CT molecular complexity index is 506. The normalized spacial score (nSPS) is 11.2. The quantitative estimate of drug-likeness (QED) is 0.721. The summed E-state index contributed by atoms with van der Waals surface area (Å²) in [6.45, 7) is 9.87. The van der Waals surface area contributed by atoms with Crippen LogP contribution in [0.4, 0.5) is 0 Å². The summed E-state index contributed by atoms with van der Waals surface area (Å²) in [5.74, 6) is 0. The van der Waals surface area contributed by atoms with Gasteiger partial charge in [0.05, 0.1) is 10.7 Å². The minimum Gasteiger partial charge on any atom is -0.315 e. The number of hydrogen-bond acceptors (Lipinski definition) is 4. The monoisotopic (exact) mass is 303 g/mol. The van der Waals surface area contributed by atoms with Gasteiger partial charge >= 0.3 is 0 Å². The molecule has 0 aliphatic rings. The molecule has 0 aliphatic heterocycles. The average Bonchev–Trinajstić information content (AvgIpc) is 3.01. The standard InChI is InChI=1S/C17H25N3S/c1-3-20(4-2)13-12-18-11-10-17-19-16(14-21-17)15-8-6-5-7-9-15/h5-9,14,18H,3-4,10-13H2,1-2H3. The minimum absolute atomic E-state index is 1.00. The maximum Gasteiger partial charge on any atom is 0.0945 e. The highest BCUT2D eigenvalue weighted by atomic mass is 32.1. The molecule has 0 saturated carbocycles. The molecule has 0 spiro atoms. The maximum absolute atomic E-state index is 4.71. The van der Waals surface area contributed by atoms with Crippen molar-refractivity contribution in [2.45, 2.75) is 20.3 Å². The van der Waals surface area contributed by atoms with Crippen LogP contribution in [-0.2, 0) is 6.42 Å². The number of nitrogens with zero attached hydrogens (tertiary/aromatic N) is 2. The van der Waals surface area contributed by atoms with Gasteiger partial charge in [0, 0.05) is 37.0 Å². The highest BCUT2D eigenvalue weighted by Gasteiger charge is 2.04. The van der Waals surface area contributed by atoms with Gasteiger partial charge in [0.15, 0.2) is 0 Å². The van der Waals surface area contributed by atoms with Crippen LogP contribution < -0.4 is 5.32 Å². The van der Waals surface area contributed by atoms with Crippen molar-refractivity contribution in [1.29, 1.82) is 0 Å². The number of hydrogen-bond donors (Lipinski definition) is 1. The van der Waals surface area contributed by atoms with E-state index < -0.39 is 0 Å². The first kappa shape index (κ1) is 16.1. The highest BCUT2D eigenvalue weighted by molar-refractivity contribution is 7.09. The number of aromatic nitrogens is 1. The summed E-state index contributed by atoms with van der Waals surface area (Å²) in [5, 5.41) is 6.87.